The van der Waals surface area contributed by atoms with E-state index in [1.807, 2.05) is 0 Å². The highest BCUT2D eigenvalue weighted by molar-refractivity contribution is 7.92. The van der Waals surface area contributed by atoms with Gasteiger partial charge in [0.15, 0.2) is 0 Å². The van der Waals surface area contributed by atoms with Gasteiger partial charge in [-0.15, -0.1) is 0 Å². The zero-order valence-electron chi connectivity index (χ0n) is 6.40. The minimum Gasteiger partial charge on any atom is -0.225 e. The van der Waals surface area contributed by atoms with Crippen LogP contribution in [0.1, 0.15) is 0 Å². The largest absolute Gasteiger partial charge is 0.230 e. The van der Waals surface area contributed by atoms with Crippen LogP contribution in [-0.2, 0) is 10.0 Å². The Kier molecular flexibility index (Phi) is 2.30. The Balaban J connectivity index is 0.000000120. The predicted molar refractivity (Wildman–Crippen MR) is 47.4 cm³/mol. The summed E-state index contributed by atoms with van der Waals surface area (Å²) in [6, 6.07) is 8.48. The number of benzene rings is 1. The van der Waals surface area contributed by atoms with Crippen LogP contribution in [0.25, 0.3) is 0 Å². The number of hydrogen-bond donors (Lipinski definition) is 1. The van der Waals surface area contributed by atoms with E-state index >= 15 is 0 Å². The zero-order chi connectivity index (χ0) is 9.19. The Morgan fingerprint density at radius 3 is 1.42 bits per heavy atom. The molecule has 0 spiro atoms. The van der Waals surface area contributed by atoms with E-state index in [-0.39, 0.29) is 0 Å². The van der Waals surface area contributed by atoms with Crippen LogP contribution in [-0.4, -0.2) is 8.42 Å². The van der Waals surface area contributed by atoms with Gasteiger partial charge in [0.05, 0.1) is 0 Å². The van der Waals surface area contributed by atoms with Crippen LogP contribution in [0.5, 0.6) is 0 Å². The SMILES string of the molecule is C=CS(N)(=O)=O.c1cc2ccc1=2. The predicted octanol–water partition coefficient (Wildman–Crippen LogP) is 0.705. The third-order valence-electron chi connectivity index (χ3n) is 1.45. The molecule has 2 N–H and O–H groups in total. The Morgan fingerprint density at radius 1 is 1.17 bits per heavy atom. The van der Waals surface area contributed by atoms with Crippen molar-refractivity contribution in [1.82, 2.24) is 0 Å². The average molecular weight is 183 g/mol. The van der Waals surface area contributed by atoms with Crippen LogP contribution in [0.4, 0.5) is 0 Å². The average Bonchev–Trinajstić information content (AvgIpc) is 1.96. The molecule has 2 rings (SSSR count). The van der Waals surface area contributed by atoms with E-state index in [1.54, 1.807) is 0 Å². The monoisotopic (exact) mass is 183 g/mol. The molecule has 0 aromatic carbocycles. The molecule has 0 amide bonds. The summed E-state index contributed by atoms with van der Waals surface area (Å²) < 4.78 is 19.3. The minimum absolute atomic E-state index is 0.688. The van der Waals surface area contributed by atoms with Gasteiger partial charge in [-0.2, -0.15) is 0 Å². The molecule has 0 aliphatic heterocycles. The van der Waals surface area contributed by atoms with Gasteiger partial charge in [0.1, 0.15) is 0 Å². The van der Waals surface area contributed by atoms with E-state index in [0.29, 0.717) is 5.41 Å². The van der Waals surface area contributed by atoms with Crippen LogP contribution in [0, 0.1) is 10.4 Å². The van der Waals surface area contributed by atoms with Crippen molar-refractivity contribution in [2.24, 2.45) is 5.14 Å². The second kappa shape index (κ2) is 3.08. The first-order valence-electron chi connectivity index (χ1n) is 3.28. The van der Waals surface area contributed by atoms with Gasteiger partial charge in [-0.3, -0.25) is 0 Å². The van der Waals surface area contributed by atoms with E-state index in [4.69, 9.17) is 0 Å². The highest BCUT2D eigenvalue weighted by atomic mass is 32.2. The van der Waals surface area contributed by atoms with Crippen molar-refractivity contribution in [2.45, 2.75) is 0 Å². The highest BCUT2D eigenvalue weighted by Gasteiger charge is 1.88. The summed E-state index contributed by atoms with van der Waals surface area (Å²) in [5.74, 6) is 0. The summed E-state index contributed by atoms with van der Waals surface area (Å²) in [7, 11) is -3.40. The molecule has 0 heterocycles. The van der Waals surface area contributed by atoms with Crippen LogP contribution in [0.2, 0.25) is 0 Å². The fourth-order valence-corrected chi connectivity index (χ4v) is 0.663. The van der Waals surface area contributed by atoms with Crippen LogP contribution < -0.4 is 5.14 Å². The highest BCUT2D eigenvalue weighted by Crippen LogP contribution is 2.04. The van der Waals surface area contributed by atoms with Crippen LogP contribution >= 0.6 is 0 Å². The minimum atomic E-state index is -3.40. The molecule has 4 heteroatoms. The summed E-state index contributed by atoms with van der Waals surface area (Å²) in [4.78, 5) is 0. The number of nitrogens with two attached hydrogens (primary N) is 1. The molecule has 12 heavy (non-hydrogen) atoms. The molecule has 64 valence electrons. The standard InChI is InChI=1S/C6H4.C2H5NO2S/c1-2-6-4-3-5(1)6;1-2-6(3,4)5/h1-4H;2H,1H2,(H2,3,4,5). The molecule has 0 unspecified atom stereocenters. The smallest absolute Gasteiger partial charge is 0.225 e. The molecular formula is C8H9NO2S. The molecule has 0 fully saturated rings. The second-order valence-corrected chi connectivity index (χ2v) is 3.84. The van der Waals surface area contributed by atoms with Gasteiger partial charge in [0.2, 0.25) is 10.0 Å². The van der Waals surface area contributed by atoms with Crippen molar-refractivity contribution in [1.29, 1.82) is 0 Å². The molecule has 0 bridgehead atoms. The zero-order valence-corrected chi connectivity index (χ0v) is 7.21. The molecule has 0 aromatic heterocycles. The Labute approximate surface area is 70.9 Å². The van der Waals surface area contributed by atoms with Crippen LogP contribution in [0.15, 0.2) is 36.3 Å². The Hall–Kier alpha value is -1.13. The number of rotatable bonds is 1. The second-order valence-electron chi connectivity index (χ2n) is 2.33. The summed E-state index contributed by atoms with van der Waals surface area (Å²) in [6.07, 6.45) is 0. The summed E-state index contributed by atoms with van der Waals surface area (Å²) in [6.45, 7) is 2.92. The molecule has 2 aliphatic rings. The van der Waals surface area contributed by atoms with Gasteiger partial charge >= 0.3 is 0 Å². The Bertz CT molecular complexity index is 414. The summed E-state index contributed by atoms with van der Waals surface area (Å²) in [5.41, 5.74) is 0. The van der Waals surface area contributed by atoms with Gasteiger partial charge in [0.25, 0.3) is 0 Å². The van der Waals surface area contributed by atoms with Crippen molar-refractivity contribution in [3.05, 3.63) is 46.7 Å². The van der Waals surface area contributed by atoms with Gasteiger partial charge in [-0.1, -0.05) is 30.8 Å². The van der Waals surface area contributed by atoms with Gasteiger partial charge in [-0.05, 0) is 10.4 Å². The summed E-state index contributed by atoms with van der Waals surface area (Å²) >= 11 is 0. The first-order chi connectivity index (χ1) is 5.53. The fraction of sp³-hybridized carbons (Fsp3) is 0. The lowest BCUT2D eigenvalue weighted by Gasteiger charge is -1.95. The van der Waals surface area contributed by atoms with E-state index in [1.165, 1.54) is 10.4 Å². The summed E-state index contributed by atoms with van der Waals surface area (Å²) in [5, 5.41) is 7.93. The van der Waals surface area contributed by atoms with E-state index in [0.717, 1.165) is 0 Å². The fourth-order valence-electron chi connectivity index (χ4n) is 0.663. The van der Waals surface area contributed by atoms with Gasteiger partial charge < -0.3 is 0 Å². The molecule has 0 aromatic rings. The first-order valence-corrected chi connectivity index (χ1v) is 4.89. The van der Waals surface area contributed by atoms with Crippen molar-refractivity contribution in [3.63, 3.8) is 0 Å². The van der Waals surface area contributed by atoms with Crippen molar-refractivity contribution >= 4 is 10.0 Å². The molecule has 0 saturated heterocycles. The van der Waals surface area contributed by atoms with E-state index in [9.17, 15) is 8.42 Å². The number of sulfonamides is 1. The van der Waals surface area contributed by atoms with Crippen molar-refractivity contribution in [3.8, 4) is 0 Å². The van der Waals surface area contributed by atoms with Gasteiger partial charge in [-0.25, -0.2) is 13.6 Å². The molecule has 0 radical (unpaired) electrons. The van der Waals surface area contributed by atoms with Gasteiger partial charge in [0, 0.05) is 5.41 Å². The molecule has 0 atom stereocenters. The van der Waals surface area contributed by atoms with Crippen molar-refractivity contribution < 1.29 is 8.42 Å². The number of primary sulfonamides is 1. The first kappa shape index (κ1) is 8.96. The Morgan fingerprint density at radius 2 is 1.42 bits per heavy atom. The third-order valence-corrected chi connectivity index (χ3v) is 1.92. The topological polar surface area (TPSA) is 60.2 Å². The molecular weight excluding hydrogens is 174 g/mol. The molecule has 3 nitrogen and oxygen atoms in total. The van der Waals surface area contributed by atoms with Crippen LogP contribution in [0.3, 0.4) is 0 Å². The van der Waals surface area contributed by atoms with E-state index < -0.39 is 10.0 Å². The molecule has 0 saturated carbocycles. The lowest BCUT2D eigenvalue weighted by molar-refractivity contribution is 0.606. The quantitative estimate of drug-likeness (QED) is 0.707. The third kappa shape index (κ3) is 2.18. The maximum Gasteiger partial charge on any atom is 0.230 e. The normalized spacial score (nSPS) is 11.1. The molecule has 2 aliphatic carbocycles. The lowest BCUT2D eigenvalue weighted by Crippen LogP contribution is -2.05. The van der Waals surface area contributed by atoms with E-state index in [2.05, 4.69) is 36.0 Å². The maximum atomic E-state index is 9.66. The number of hydrogen-bond acceptors (Lipinski definition) is 2. The van der Waals surface area contributed by atoms with Crippen molar-refractivity contribution in [2.75, 3.05) is 0 Å². The maximum absolute atomic E-state index is 9.66. The lowest BCUT2D eigenvalue weighted by atomic mass is 10.1.